The van der Waals surface area contributed by atoms with E-state index >= 15 is 4.39 Å². The van der Waals surface area contributed by atoms with Gasteiger partial charge in [-0.2, -0.15) is 0 Å². The van der Waals surface area contributed by atoms with E-state index in [0.29, 0.717) is 37.4 Å². The number of aromatic nitrogens is 2. The average molecular weight is 612 g/mol. The summed E-state index contributed by atoms with van der Waals surface area (Å²) < 4.78 is 69.6. The molecule has 4 aromatic rings. The van der Waals surface area contributed by atoms with E-state index in [9.17, 15) is 17.6 Å². The Morgan fingerprint density at radius 2 is 1.72 bits per heavy atom. The Morgan fingerprint density at radius 3 is 2.40 bits per heavy atom. The maximum Gasteiger partial charge on any atom is 0.410 e. The van der Waals surface area contributed by atoms with E-state index in [1.807, 2.05) is 25.7 Å². The molecule has 0 bridgehead atoms. The zero-order valence-electron chi connectivity index (χ0n) is 24.1. The fourth-order valence-electron chi connectivity index (χ4n) is 4.83. The molecule has 0 radical (unpaired) electrons. The standard InChI is InChI=1S/C30H31F2N5O5S/c1-30(2,3)42-29(38)37-15-13-36(14-16-37)24-11-12-33-22-10-9-20(27(32)26(22)24)19-17-23(28(41-4)34-18-19)35-43(39,40)25-8-6-5-7-21(25)31/h5-12,17-18,35H,13-16H2,1-4H3. The first-order chi connectivity index (χ1) is 20.4. The van der Waals surface area contributed by atoms with Crippen molar-refractivity contribution in [3.8, 4) is 17.0 Å². The van der Waals surface area contributed by atoms with Crippen LogP contribution in [0.3, 0.4) is 0 Å². The minimum absolute atomic E-state index is 0.0740. The van der Waals surface area contributed by atoms with Crippen molar-refractivity contribution in [1.29, 1.82) is 0 Å². The molecule has 1 saturated heterocycles. The molecule has 1 aliphatic heterocycles. The van der Waals surface area contributed by atoms with Crippen molar-refractivity contribution < 1.29 is 31.5 Å². The van der Waals surface area contributed by atoms with Gasteiger partial charge in [0, 0.05) is 49.7 Å². The quantitative estimate of drug-likeness (QED) is 0.307. The maximum absolute atomic E-state index is 16.3. The Kier molecular flexibility index (Phi) is 8.10. The van der Waals surface area contributed by atoms with Crippen LogP contribution in [0.25, 0.3) is 22.0 Å². The number of carbonyl (C=O) groups is 1. The molecule has 3 heterocycles. The van der Waals surface area contributed by atoms with Gasteiger partial charge >= 0.3 is 6.09 Å². The number of hydrogen-bond acceptors (Lipinski definition) is 8. The third-order valence-corrected chi connectivity index (χ3v) is 8.22. The Morgan fingerprint density at radius 1 is 1.00 bits per heavy atom. The van der Waals surface area contributed by atoms with Gasteiger partial charge < -0.3 is 19.3 Å². The fraction of sp³-hybridized carbons (Fsp3) is 0.300. The summed E-state index contributed by atoms with van der Waals surface area (Å²) in [6.07, 6.45) is 2.56. The molecule has 1 amide bonds. The molecule has 0 aliphatic carbocycles. The Balaban J connectivity index is 1.47. The number of amides is 1. The van der Waals surface area contributed by atoms with E-state index in [-0.39, 0.29) is 28.1 Å². The Hall–Kier alpha value is -4.52. The van der Waals surface area contributed by atoms with Crippen LogP contribution >= 0.6 is 0 Å². The number of anilines is 2. The lowest BCUT2D eigenvalue weighted by Gasteiger charge is -2.37. The molecule has 2 aromatic heterocycles. The highest BCUT2D eigenvalue weighted by Crippen LogP contribution is 2.37. The van der Waals surface area contributed by atoms with Crippen LogP contribution in [0.5, 0.6) is 5.88 Å². The van der Waals surface area contributed by atoms with E-state index < -0.39 is 38.2 Å². The first-order valence-electron chi connectivity index (χ1n) is 13.5. The molecule has 226 valence electrons. The van der Waals surface area contributed by atoms with Crippen molar-refractivity contribution >= 4 is 38.4 Å². The largest absolute Gasteiger partial charge is 0.480 e. The van der Waals surface area contributed by atoms with Crippen molar-refractivity contribution in [3.05, 3.63) is 72.6 Å². The molecule has 13 heteroatoms. The third-order valence-electron chi connectivity index (χ3n) is 6.82. The van der Waals surface area contributed by atoms with Crippen molar-refractivity contribution in [2.24, 2.45) is 0 Å². The molecule has 5 rings (SSSR count). The number of pyridine rings is 2. The van der Waals surface area contributed by atoms with E-state index in [4.69, 9.17) is 9.47 Å². The van der Waals surface area contributed by atoms with Crippen LogP contribution in [0.1, 0.15) is 20.8 Å². The normalized spacial score (nSPS) is 14.1. The van der Waals surface area contributed by atoms with E-state index in [1.54, 1.807) is 23.2 Å². The highest BCUT2D eigenvalue weighted by molar-refractivity contribution is 7.92. The second-order valence-corrected chi connectivity index (χ2v) is 12.6. The maximum atomic E-state index is 16.3. The molecule has 43 heavy (non-hydrogen) atoms. The molecular formula is C30H31F2N5O5S. The van der Waals surface area contributed by atoms with Crippen molar-refractivity contribution in [3.63, 3.8) is 0 Å². The van der Waals surface area contributed by atoms with E-state index in [1.165, 1.54) is 37.6 Å². The molecule has 0 spiro atoms. The van der Waals surface area contributed by atoms with Gasteiger partial charge in [0.15, 0.2) is 0 Å². The number of fused-ring (bicyclic) bond motifs is 1. The lowest BCUT2D eigenvalue weighted by Crippen LogP contribution is -2.50. The van der Waals surface area contributed by atoms with Gasteiger partial charge in [-0.25, -0.2) is 27.0 Å². The molecule has 1 fully saturated rings. The first kappa shape index (κ1) is 30.0. The van der Waals surface area contributed by atoms with Crippen LogP contribution in [-0.4, -0.2) is 68.3 Å². The zero-order chi connectivity index (χ0) is 30.9. The lowest BCUT2D eigenvalue weighted by molar-refractivity contribution is 0.0240. The lowest BCUT2D eigenvalue weighted by atomic mass is 10.0. The van der Waals surface area contributed by atoms with Crippen molar-refractivity contribution in [2.75, 3.05) is 42.9 Å². The van der Waals surface area contributed by atoms with Crippen LogP contribution < -0.4 is 14.4 Å². The number of nitrogens with one attached hydrogen (secondary N) is 1. The number of carbonyl (C=O) groups excluding carboxylic acids is 1. The van der Waals surface area contributed by atoms with Crippen LogP contribution in [0.2, 0.25) is 0 Å². The number of sulfonamides is 1. The molecule has 0 unspecified atom stereocenters. The zero-order valence-corrected chi connectivity index (χ0v) is 24.9. The highest BCUT2D eigenvalue weighted by Gasteiger charge is 2.28. The summed E-state index contributed by atoms with van der Waals surface area (Å²) >= 11 is 0. The minimum Gasteiger partial charge on any atom is -0.480 e. The summed E-state index contributed by atoms with van der Waals surface area (Å²) in [6, 6.07) is 11.2. The summed E-state index contributed by atoms with van der Waals surface area (Å²) in [5, 5.41) is 0.273. The minimum atomic E-state index is -4.35. The molecular weight excluding hydrogens is 580 g/mol. The molecule has 2 aromatic carbocycles. The van der Waals surface area contributed by atoms with Gasteiger partial charge in [-0.05, 0) is 57.2 Å². The van der Waals surface area contributed by atoms with Gasteiger partial charge in [0.25, 0.3) is 10.0 Å². The van der Waals surface area contributed by atoms with Crippen molar-refractivity contribution in [1.82, 2.24) is 14.9 Å². The summed E-state index contributed by atoms with van der Waals surface area (Å²) in [7, 11) is -3.05. The van der Waals surface area contributed by atoms with Gasteiger partial charge in [-0.15, -0.1) is 0 Å². The number of benzene rings is 2. The predicted octanol–water partition coefficient (Wildman–Crippen LogP) is 5.44. The number of methoxy groups -OCH3 is 1. The Labute approximate surface area is 248 Å². The number of ether oxygens (including phenoxy) is 2. The molecule has 10 nitrogen and oxygen atoms in total. The topological polar surface area (TPSA) is 114 Å². The number of hydrogen-bond donors (Lipinski definition) is 1. The highest BCUT2D eigenvalue weighted by atomic mass is 32.2. The Bertz CT molecular complexity index is 1790. The number of nitrogens with zero attached hydrogens (tertiary/aromatic N) is 4. The first-order valence-corrected chi connectivity index (χ1v) is 15.0. The predicted molar refractivity (Wildman–Crippen MR) is 159 cm³/mol. The second-order valence-electron chi connectivity index (χ2n) is 10.9. The third kappa shape index (κ3) is 6.31. The smallest absolute Gasteiger partial charge is 0.410 e. The van der Waals surface area contributed by atoms with Crippen LogP contribution in [0.15, 0.2) is 65.8 Å². The van der Waals surface area contributed by atoms with Crippen molar-refractivity contribution in [2.45, 2.75) is 31.3 Å². The fourth-order valence-corrected chi connectivity index (χ4v) is 5.96. The summed E-state index contributed by atoms with van der Waals surface area (Å²) in [5.41, 5.74) is 0.743. The second kappa shape index (κ2) is 11.6. The number of rotatable bonds is 6. The van der Waals surface area contributed by atoms with Crippen LogP contribution in [0, 0.1) is 11.6 Å². The van der Waals surface area contributed by atoms with Crippen LogP contribution in [0.4, 0.5) is 25.0 Å². The van der Waals surface area contributed by atoms with E-state index in [2.05, 4.69) is 14.7 Å². The average Bonchev–Trinajstić information content (AvgIpc) is 2.96. The van der Waals surface area contributed by atoms with E-state index in [0.717, 1.165) is 12.1 Å². The van der Waals surface area contributed by atoms with Crippen LogP contribution in [-0.2, 0) is 14.8 Å². The molecule has 1 aliphatic rings. The summed E-state index contributed by atoms with van der Waals surface area (Å²) in [5.74, 6) is -1.58. The van der Waals surface area contributed by atoms with Gasteiger partial charge in [-0.3, -0.25) is 9.71 Å². The number of halogens is 2. The number of piperazine rings is 1. The molecule has 0 atom stereocenters. The van der Waals surface area contributed by atoms with Gasteiger partial charge in [-0.1, -0.05) is 12.1 Å². The monoisotopic (exact) mass is 611 g/mol. The van der Waals surface area contributed by atoms with Gasteiger partial charge in [0.2, 0.25) is 5.88 Å². The van der Waals surface area contributed by atoms with Gasteiger partial charge in [0.05, 0.1) is 23.7 Å². The SMILES string of the molecule is COc1ncc(-c2ccc3nccc(N4CCN(C(=O)OC(C)(C)C)CC4)c3c2F)cc1NS(=O)(=O)c1ccccc1F. The molecule has 0 saturated carbocycles. The summed E-state index contributed by atoms with van der Waals surface area (Å²) in [6.45, 7) is 7.13. The molecule has 1 N–H and O–H groups in total. The van der Waals surface area contributed by atoms with Gasteiger partial charge in [0.1, 0.15) is 27.8 Å². The summed E-state index contributed by atoms with van der Waals surface area (Å²) in [4.78, 5) is 24.1.